The van der Waals surface area contributed by atoms with E-state index in [0.717, 1.165) is 5.56 Å². The summed E-state index contributed by atoms with van der Waals surface area (Å²) in [6, 6.07) is 20.0. The predicted octanol–water partition coefficient (Wildman–Crippen LogP) is 4.23. The Kier molecular flexibility index (Phi) is 5.66. The number of para-hydroxylation sites is 1. The molecule has 29 heavy (non-hydrogen) atoms. The quantitative estimate of drug-likeness (QED) is 0.663. The monoisotopic (exact) mass is 405 g/mol. The van der Waals surface area contributed by atoms with Gasteiger partial charge in [-0.15, -0.1) is 0 Å². The molecule has 0 heterocycles. The van der Waals surface area contributed by atoms with Crippen molar-refractivity contribution in [2.45, 2.75) is 18.7 Å². The first-order valence-electron chi connectivity index (χ1n) is 8.81. The van der Waals surface area contributed by atoms with Crippen LogP contribution in [0.1, 0.15) is 27.0 Å². The van der Waals surface area contributed by atoms with E-state index in [9.17, 15) is 13.2 Å². The van der Waals surface area contributed by atoms with Crippen LogP contribution < -0.4 is 10.0 Å². The molecule has 3 aromatic carbocycles. The summed E-state index contributed by atoms with van der Waals surface area (Å²) in [4.78, 5) is 12.7. The fraction of sp³-hybridized carbons (Fsp3) is 0.0909. The molecular weight excluding hydrogens is 386 g/mol. The van der Waals surface area contributed by atoms with Crippen LogP contribution in [0.3, 0.4) is 0 Å². The van der Waals surface area contributed by atoms with Crippen LogP contribution in [-0.2, 0) is 10.0 Å². The number of hydrogen-bond acceptors (Lipinski definition) is 4. The smallest absolute Gasteiger partial charge is 0.261 e. The van der Waals surface area contributed by atoms with Crippen LogP contribution in [0.4, 0.5) is 11.4 Å². The van der Waals surface area contributed by atoms with E-state index in [4.69, 9.17) is 5.26 Å². The van der Waals surface area contributed by atoms with Crippen LogP contribution >= 0.6 is 0 Å². The van der Waals surface area contributed by atoms with Crippen molar-refractivity contribution in [1.29, 1.82) is 5.26 Å². The van der Waals surface area contributed by atoms with E-state index < -0.39 is 15.9 Å². The zero-order valence-electron chi connectivity index (χ0n) is 15.9. The molecular formula is C22H19N3O3S. The zero-order chi connectivity index (χ0) is 21.0. The number of rotatable bonds is 5. The first-order valence-corrected chi connectivity index (χ1v) is 10.3. The Hall–Kier alpha value is -3.63. The van der Waals surface area contributed by atoms with Crippen molar-refractivity contribution in [1.82, 2.24) is 0 Å². The van der Waals surface area contributed by atoms with E-state index in [0.29, 0.717) is 22.5 Å². The van der Waals surface area contributed by atoms with Crippen molar-refractivity contribution in [2.24, 2.45) is 0 Å². The molecule has 146 valence electrons. The number of hydrogen-bond donors (Lipinski definition) is 2. The van der Waals surface area contributed by atoms with Crippen LogP contribution in [0.25, 0.3) is 0 Å². The number of aryl methyl sites for hydroxylation is 2. The third-order valence-electron chi connectivity index (χ3n) is 4.40. The molecule has 3 rings (SSSR count). The van der Waals surface area contributed by atoms with Gasteiger partial charge in [0.25, 0.3) is 15.9 Å². The molecule has 7 heteroatoms. The second kappa shape index (κ2) is 8.17. The molecule has 0 bridgehead atoms. The van der Waals surface area contributed by atoms with Crippen molar-refractivity contribution in [3.05, 3.63) is 89.0 Å². The molecule has 2 N–H and O–H groups in total. The molecule has 0 fully saturated rings. The molecule has 6 nitrogen and oxygen atoms in total. The summed E-state index contributed by atoms with van der Waals surface area (Å²) in [5, 5.41) is 11.7. The Morgan fingerprint density at radius 3 is 2.41 bits per heavy atom. The maximum absolute atomic E-state index is 12.8. The van der Waals surface area contributed by atoms with Crippen LogP contribution in [0.15, 0.2) is 71.6 Å². The van der Waals surface area contributed by atoms with E-state index in [1.54, 1.807) is 62.4 Å². The number of sulfonamides is 1. The van der Waals surface area contributed by atoms with Gasteiger partial charge in [0.2, 0.25) is 0 Å². The summed E-state index contributed by atoms with van der Waals surface area (Å²) >= 11 is 0. The molecule has 3 aromatic rings. The normalized spacial score (nSPS) is 10.8. The summed E-state index contributed by atoms with van der Waals surface area (Å²) in [5.74, 6) is -0.453. The predicted molar refractivity (Wildman–Crippen MR) is 112 cm³/mol. The van der Waals surface area contributed by atoms with Crippen molar-refractivity contribution in [2.75, 3.05) is 10.0 Å². The van der Waals surface area contributed by atoms with Crippen LogP contribution in [-0.4, -0.2) is 14.3 Å². The Morgan fingerprint density at radius 1 is 0.931 bits per heavy atom. The SMILES string of the molecule is Cc1ccccc1NS(=O)(=O)c1ccc(C)c(C(=O)Nc2cccc(C#N)c2)c1. The Labute approximate surface area is 169 Å². The number of benzene rings is 3. The topological polar surface area (TPSA) is 99.1 Å². The fourth-order valence-corrected chi connectivity index (χ4v) is 3.93. The second-order valence-corrected chi connectivity index (χ2v) is 8.23. The fourth-order valence-electron chi connectivity index (χ4n) is 2.77. The zero-order valence-corrected chi connectivity index (χ0v) is 16.7. The maximum atomic E-state index is 12.8. The van der Waals surface area contributed by atoms with Gasteiger partial charge >= 0.3 is 0 Å². The molecule has 0 atom stereocenters. The van der Waals surface area contributed by atoms with Gasteiger partial charge in [0.15, 0.2) is 0 Å². The van der Waals surface area contributed by atoms with Gasteiger partial charge in [0.1, 0.15) is 0 Å². The molecule has 0 aliphatic heterocycles. The summed E-state index contributed by atoms with van der Waals surface area (Å²) < 4.78 is 28.2. The largest absolute Gasteiger partial charge is 0.322 e. The van der Waals surface area contributed by atoms with Crippen molar-refractivity contribution >= 4 is 27.3 Å². The number of carbonyl (C=O) groups is 1. The van der Waals surface area contributed by atoms with E-state index in [-0.39, 0.29) is 10.5 Å². The number of carbonyl (C=O) groups excluding carboxylic acids is 1. The number of nitrogens with zero attached hydrogens (tertiary/aromatic N) is 1. The van der Waals surface area contributed by atoms with Crippen molar-refractivity contribution < 1.29 is 13.2 Å². The molecule has 0 radical (unpaired) electrons. The minimum atomic E-state index is -3.87. The average molecular weight is 405 g/mol. The molecule has 0 aromatic heterocycles. The molecule has 0 saturated heterocycles. The van der Waals surface area contributed by atoms with Gasteiger partial charge in [0.05, 0.1) is 22.2 Å². The maximum Gasteiger partial charge on any atom is 0.261 e. The lowest BCUT2D eigenvalue weighted by molar-refractivity contribution is 0.102. The van der Waals surface area contributed by atoms with Crippen LogP contribution in [0, 0.1) is 25.2 Å². The van der Waals surface area contributed by atoms with E-state index in [1.807, 2.05) is 12.1 Å². The van der Waals surface area contributed by atoms with Crippen LogP contribution in [0.5, 0.6) is 0 Å². The van der Waals surface area contributed by atoms with Crippen molar-refractivity contribution in [3.8, 4) is 6.07 Å². The van der Waals surface area contributed by atoms with Gasteiger partial charge in [-0.25, -0.2) is 8.42 Å². The summed E-state index contributed by atoms with van der Waals surface area (Å²) in [6.45, 7) is 3.53. The highest BCUT2D eigenvalue weighted by Crippen LogP contribution is 2.22. The lowest BCUT2D eigenvalue weighted by Crippen LogP contribution is -2.17. The Morgan fingerprint density at radius 2 is 1.69 bits per heavy atom. The molecule has 1 amide bonds. The third kappa shape index (κ3) is 4.62. The van der Waals surface area contributed by atoms with Gasteiger partial charge < -0.3 is 5.32 Å². The average Bonchev–Trinajstić information content (AvgIpc) is 2.70. The summed E-state index contributed by atoms with van der Waals surface area (Å²) in [7, 11) is -3.87. The second-order valence-electron chi connectivity index (χ2n) is 6.54. The van der Waals surface area contributed by atoms with Crippen molar-refractivity contribution in [3.63, 3.8) is 0 Å². The highest BCUT2D eigenvalue weighted by molar-refractivity contribution is 7.92. The van der Waals surface area contributed by atoms with Gasteiger partial charge in [0, 0.05) is 11.3 Å². The summed E-state index contributed by atoms with van der Waals surface area (Å²) in [6.07, 6.45) is 0. The van der Waals surface area contributed by atoms with Gasteiger partial charge in [-0.2, -0.15) is 5.26 Å². The Balaban J connectivity index is 1.90. The summed E-state index contributed by atoms with van der Waals surface area (Å²) in [5.41, 5.74) is 3.01. The minimum Gasteiger partial charge on any atom is -0.322 e. The van der Waals surface area contributed by atoms with E-state index in [2.05, 4.69) is 10.0 Å². The molecule has 0 aliphatic carbocycles. The number of amides is 1. The molecule has 0 aliphatic rings. The molecule has 0 unspecified atom stereocenters. The highest BCUT2D eigenvalue weighted by atomic mass is 32.2. The lowest BCUT2D eigenvalue weighted by atomic mass is 10.1. The van der Waals surface area contributed by atoms with Gasteiger partial charge in [-0.3, -0.25) is 9.52 Å². The Bertz CT molecular complexity index is 1230. The number of anilines is 2. The minimum absolute atomic E-state index is 0.0118. The highest BCUT2D eigenvalue weighted by Gasteiger charge is 2.19. The standard InChI is InChI=1S/C22H19N3O3S/c1-15-10-11-19(29(27,28)25-21-9-4-3-6-16(21)2)13-20(15)22(26)24-18-8-5-7-17(12-18)14-23/h3-13,25H,1-2H3,(H,24,26). The lowest BCUT2D eigenvalue weighted by Gasteiger charge is -2.13. The van der Waals surface area contributed by atoms with E-state index >= 15 is 0 Å². The third-order valence-corrected chi connectivity index (χ3v) is 5.77. The first-order chi connectivity index (χ1) is 13.8. The van der Waals surface area contributed by atoms with E-state index in [1.165, 1.54) is 12.1 Å². The number of nitriles is 1. The first kappa shape index (κ1) is 20.1. The molecule has 0 saturated carbocycles. The molecule has 0 spiro atoms. The van der Waals surface area contributed by atoms with Gasteiger partial charge in [-0.05, 0) is 61.4 Å². The van der Waals surface area contributed by atoms with Gasteiger partial charge in [-0.1, -0.05) is 30.3 Å². The van der Waals surface area contributed by atoms with Crippen LogP contribution in [0.2, 0.25) is 0 Å². The number of nitrogens with one attached hydrogen (secondary N) is 2.